The molecule has 1 aromatic heterocycles. The van der Waals surface area contributed by atoms with Gasteiger partial charge in [-0.1, -0.05) is 35.5 Å². The summed E-state index contributed by atoms with van der Waals surface area (Å²) in [5.41, 5.74) is 3.71. The molecule has 11 heteroatoms. The van der Waals surface area contributed by atoms with Crippen molar-refractivity contribution in [3.05, 3.63) is 69.2 Å². The van der Waals surface area contributed by atoms with Crippen LogP contribution in [0.1, 0.15) is 5.56 Å². The fourth-order valence-corrected chi connectivity index (χ4v) is 3.18. The molecule has 0 atom stereocenters. The first-order valence-electron chi connectivity index (χ1n) is 8.28. The molecule has 0 radical (unpaired) electrons. The van der Waals surface area contributed by atoms with Crippen LogP contribution in [0.15, 0.2) is 58.8 Å². The molecule has 0 aliphatic rings. The summed E-state index contributed by atoms with van der Waals surface area (Å²) in [5, 5.41) is 24.0. The minimum absolute atomic E-state index is 0.0467. The second kappa shape index (κ2) is 9.30. The second-order valence-corrected chi connectivity index (χ2v) is 7.18. The zero-order valence-electron chi connectivity index (χ0n) is 15.2. The first kappa shape index (κ1) is 20.5. The van der Waals surface area contributed by atoms with E-state index >= 15 is 0 Å². The lowest BCUT2D eigenvalue weighted by Gasteiger charge is -2.04. The van der Waals surface area contributed by atoms with Crippen LogP contribution < -0.4 is 5.43 Å². The van der Waals surface area contributed by atoms with Gasteiger partial charge in [0.05, 0.1) is 16.9 Å². The maximum Gasteiger partial charge on any atom is 0.270 e. The van der Waals surface area contributed by atoms with E-state index < -0.39 is 4.92 Å². The van der Waals surface area contributed by atoms with Crippen LogP contribution in [0.5, 0.6) is 0 Å². The largest absolute Gasteiger partial charge is 0.305 e. The number of aromatic nitrogens is 3. The number of benzene rings is 2. The Morgan fingerprint density at radius 1 is 1.31 bits per heavy atom. The van der Waals surface area contributed by atoms with Gasteiger partial charge in [-0.25, -0.2) is 5.43 Å². The van der Waals surface area contributed by atoms with Gasteiger partial charge in [-0.2, -0.15) is 5.10 Å². The average Bonchev–Trinajstić information content (AvgIpc) is 3.07. The van der Waals surface area contributed by atoms with Gasteiger partial charge in [-0.3, -0.25) is 14.9 Å². The summed E-state index contributed by atoms with van der Waals surface area (Å²) in [6, 6.07) is 13.2. The molecule has 3 rings (SSSR count). The number of halogens is 1. The monoisotopic (exact) mass is 430 g/mol. The van der Waals surface area contributed by atoms with Gasteiger partial charge in [0.25, 0.3) is 11.6 Å². The van der Waals surface area contributed by atoms with Crippen molar-refractivity contribution in [2.45, 2.75) is 5.16 Å². The van der Waals surface area contributed by atoms with Crippen LogP contribution in [0, 0.1) is 10.1 Å². The number of rotatable bonds is 7. The van der Waals surface area contributed by atoms with Crippen LogP contribution in [-0.2, 0) is 11.8 Å². The number of carbonyl (C=O) groups excluding carboxylic acids is 1. The molecule has 1 N–H and O–H groups in total. The van der Waals surface area contributed by atoms with Crippen LogP contribution in [0.25, 0.3) is 11.4 Å². The van der Waals surface area contributed by atoms with Crippen molar-refractivity contribution in [3.63, 3.8) is 0 Å². The molecule has 0 saturated heterocycles. The summed E-state index contributed by atoms with van der Waals surface area (Å²) in [6.07, 6.45) is 1.34. The predicted octanol–water partition coefficient (Wildman–Crippen LogP) is 3.29. The molecule has 1 heterocycles. The van der Waals surface area contributed by atoms with E-state index in [0.717, 1.165) is 5.56 Å². The molecule has 0 fully saturated rings. The van der Waals surface area contributed by atoms with Crippen molar-refractivity contribution in [3.8, 4) is 11.4 Å². The Hall–Kier alpha value is -3.24. The third kappa shape index (κ3) is 5.39. The molecular formula is C18H15ClN6O3S. The number of hydrogen-bond acceptors (Lipinski definition) is 7. The highest BCUT2D eigenvalue weighted by atomic mass is 35.5. The third-order valence-electron chi connectivity index (χ3n) is 3.75. The molecule has 2 aromatic carbocycles. The zero-order chi connectivity index (χ0) is 20.8. The minimum atomic E-state index is -0.494. The molecule has 0 bridgehead atoms. The van der Waals surface area contributed by atoms with Crippen LogP contribution in [0.3, 0.4) is 0 Å². The summed E-state index contributed by atoms with van der Waals surface area (Å²) in [6.45, 7) is 0. The lowest BCUT2D eigenvalue weighted by atomic mass is 10.2. The van der Waals surface area contributed by atoms with Crippen molar-refractivity contribution in [1.82, 2.24) is 20.2 Å². The van der Waals surface area contributed by atoms with Gasteiger partial charge >= 0.3 is 0 Å². The van der Waals surface area contributed by atoms with Gasteiger partial charge in [0.15, 0.2) is 11.0 Å². The zero-order valence-corrected chi connectivity index (χ0v) is 16.7. The van der Waals surface area contributed by atoms with Gasteiger partial charge in [0.1, 0.15) is 0 Å². The van der Waals surface area contributed by atoms with Crippen molar-refractivity contribution in [2.24, 2.45) is 12.1 Å². The van der Waals surface area contributed by atoms with E-state index in [-0.39, 0.29) is 17.3 Å². The van der Waals surface area contributed by atoms with Crippen LogP contribution in [0.4, 0.5) is 5.69 Å². The number of hydrogen-bond donors (Lipinski definition) is 1. The molecule has 0 spiro atoms. The number of nitrogens with one attached hydrogen (secondary N) is 1. The normalized spacial score (nSPS) is 11.0. The van der Waals surface area contributed by atoms with Gasteiger partial charge in [0, 0.05) is 35.3 Å². The first-order chi connectivity index (χ1) is 13.9. The van der Waals surface area contributed by atoms with Gasteiger partial charge < -0.3 is 4.57 Å². The Balaban J connectivity index is 1.55. The lowest BCUT2D eigenvalue weighted by Crippen LogP contribution is -2.19. The maximum atomic E-state index is 12.0. The highest BCUT2D eigenvalue weighted by Gasteiger charge is 2.12. The number of nitrogens with zero attached hydrogens (tertiary/aromatic N) is 5. The molecule has 1 amide bonds. The Labute approximate surface area is 174 Å². The first-order valence-corrected chi connectivity index (χ1v) is 9.65. The van der Waals surface area contributed by atoms with Crippen LogP contribution >= 0.6 is 23.4 Å². The highest BCUT2D eigenvalue weighted by molar-refractivity contribution is 7.99. The number of nitro benzene ring substituents is 1. The summed E-state index contributed by atoms with van der Waals surface area (Å²) < 4.78 is 1.79. The smallest absolute Gasteiger partial charge is 0.270 e. The number of nitro groups is 1. The molecule has 0 unspecified atom stereocenters. The molecular weight excluding hydrogens is 416 g/mol. The molecule has 0 aliphatic carbocycles. The maximum absolute atomic E-state index is 12.0. The molecule has 9 nitrogen and oxygen atoms in total. The average molecular weight is 431 g/mol. The van der Waals surface area contributed by atoms with E-state index in [0.29, 0.717) is 21.6 Å². The third-order valence-corrected chi connectivity index (χ3v) is 5.03. The molecule has 0 aliphatic heterocycles. The van der Waals surface area contributed by atoms with Gasteiger partial charge in [-0.05, 0) is 24.3 Å². The van der Waals surface area contributed by atoms with Crippen LogP contribution in [0.2, 0.25) is 5.02 Å². The fourth-order valence-electron chi connectivity index (χ4n) is 2.35. The molecule has 3 aromatic rings. The standard InChI is InChI=1S/C18H15ClN6O3S/c1-24-17(13-5-7-14(19)8-6-13)22-23-18(24)29-11-16(26)21-20-10-12-3-2-4-15(9-12)25(27)28/h2-10H,11H2,1H3,(H,21,26)/b20-10+. The van der Waals surface area contributed by atoms with Gasteiger partial charge in [-0.15, -0.1) is 10.2 Å². The quantitative estimate of drug-likeness (QED) is 0.266. The van der Waals surface area contributed by atoms with E-state index in [4.69, 9.17) is 11.6 Å². The Morgan fingerprint density at radius 3 is 2.79 bits per heavy atom. The Kier molecular flexibility index (Phi) is 6.57. The topological polar surface area (TPSA) is 115 Å². The molecule has 0 saturated carbocycles. The summed E-state index contributed by atoms with van der Waals surface area (Å²) >= 11 is 7.11. The van der Waals surface area contributed by atoms with Gasteiger partial charge in [0.2, 0.25) is 0 Å². The summed E-state index contributed by atoms with van der Waals surface area (Å²) in [7, 11) is 1.81. The predicted molar refractivity (Wildman–Crippen MR) is 111 cm³/mol. The Bertz CT molecular complexity index is 1070. The fraction of sp³-hybridized carbons (Fsp3) is 0.111. The number of carbonyl (C=O) groups is 1. The number of non-ortho nitro benzene ring substituents is 1. The van der Waals surface area contributed by atoms with Crippen LogP contribution in [-0.4, -0.2) is 37.6 Å². The van der Waals surface area contributed by atoms with Crippen molar-refractivity contribution >= 4 is 41.2 Å². The second-order valence-electron chi connectivity index (χ2n) is 5.81. The van der Waals surface area contributed by atoms with E-state index in [1.54, 1.807) is 28.8 Å². The molecule has 29 heavy (non-hydrogen) atoms. The van der Waals surface area contributed by atoms with Crippen molar-refractivity contribution in [2.75, 3.05) is 5.75 Å². The van der Waals surface area contributed by atoms with E-state index in [9.17, 15) is 14.9 Å². The Morgan fingerprint density at radius 2 is 2.07 bits per heavy atom. The highest BCUT2D eigenvalue weighted by Crippen LogP contribution is 2.23. The summed E-state index contributed by atoms with van der Waals surface area (Å²) in [5.74, 6) is 0.403. The number of thioether (sulfide) groups is 1. The number of hydrazone groups is 1. The van der Waals surface area contributed by atoms with Crippen molar-refractivity contribution < 1.29 is 9.72 Å². The number of amides is 1. The SMILES string of the molecule is Cn1c(SCC(=O)N/N=C/c2cccc([N+](=O)[O-])c2)nnc1-c1ccc(Cl)cc1. The van der Waals surface area contributed by atoms with E-state index in [1.165, 1.54) is 30.1 Å². The van der Waals surface area contributed by atoms with Crippen molar-refractivity contribution in [1.29, 1.82) is 0 Å². The molecule has 148 valence electrons. The van der Waals surface area contributed by atoms with E-state index in [1.807, 2.05) is 19.2 Å². The minimum Gasteiger partial charge on any atom is -0.305 e. The van der Waals surface area contributed by atoms with E-state index in [2.05, 4.69) is 20.7 Å². The lowest BCUT2D eigenvalue weighted by molar-refractivity contribution is -0.384. The summed E-state index contributed by atoms with van der Waals surface area (Å²) in [4.78, 5) is 22.2.